The average Bonchev–Trinajstić information content (AvgIpc) is 4.18. The molecule has 5 N–H and O–H groups in total. The number of nitrogens with one attached hydrogen (secondary N) is 5. The number of imide groups is 2. The zero-order valence-electron chi connectivity index (χ0n) is 39.4. The number of carbonyl (C=O) groups is 6. The summed E-state index contributed by atoms with van der Waals surface area (Å²) in [7, 11) is 0. The fourth-order valence-electron chi connectivity index (χ4n) is 9.09. The standard InChI is InChI=1S/C50H50N12O6S3/c1-25-10-12-29(13-11-25)42-40-26(2)27(3)70-50(40)61-28(4)59-60-43(61)34(55-42)23-39(64)53-20-6-18-51-30-14-15-32-37(22-30)71-47(56-32)46-57-35(24-69-46)44(65)54-21-7-19-52-33-9-5-8-31-41(33)49(68)62(48(31)67)36-16-17-38(63)58-45(36)66/h5,8-15,22,34-36,51-52H,6-7,16-21,23-24H2,1-4H3,(H,53,64)(H,54,65)(H,58,63,66)/t34-,35?,36?/m0/s1. The molecular weight excluding hydrogens is 961 g/mol. The number of aliphatic imine (C=N–C) groups is 2. The third-order valence-corrected chi connectivity index (χ3v) is 16.3. The molecule has 71 heavy (non-hydrogen) atoms. The molecule has 7 heterocycles. The molecule has 10 rings (SSSR count). The van der Waals surface area contributed by atoms with Crippen molar-refractivity contribution in [2.75, 3.05) is 42.6 Å². The number of nitrogens with zero attached hydrogens (tertiary/aromatic N) is 7. The van der Waals surface area contributed by atoms with E-state index in [0.29, 0.717) is 56.3 Å². The Balaban J connectivity index is 0.684. The third kappa shape index (κ3) is 9.48. The minimum absolute atomic E-state index is 0.0440. The predicted molar refractivity (Wildman–Crippen MR) is 275 cm³/mol. The van der Waals surface area contributed by atoms with Crippen molar-refractivity contribution in [3.63, 3.8) is 0 Å². The smallest absolute Gasteiger partial charge is 0.264 e. The highest BCUT2D eigenvalue weighted by molar-refractivity contribution is 8.15. The Morgan fingerprint density at radius 2 is 1.62 bits per heavy atom. The second-order valence-corrected chi connectivity index (χ2v) is 21.0. The molecule has 1 saturated heterocycles. The van der Waals surface area contributed by atoms with Gasteiger partial charge in [0.25, 0.3) is 11.8 Å². The van der Waals surface area contributed by atoms with Crippen LogP contribution in [-0.2, 0) is 19.2 Å². The van der Waals surface area contributed by atoms with Crippen molar-refractivity contribution >= 4 is 102 Å². The Hall–Kier alpha value is -7.10. The van der Waals surface area contributed by atoms with Gasteiger partial charge < -0.3 is 21.3 Å². The lowest BCUT2D eigenvalue weighted by molar-refractivity contribution is -0.136. The molecule has 3 aromatic heterocycles. The van der Waals surface area contributed by atoms with E-state index in [1.165, 1.54) is 28.0 Å². The van der Waals surface area contributed by atoms with E-state index < -0.39 is 41.8 Å². The molecule has 0 bridgehead atoms. The van der Waals surface area contributed by atoms with Crippen LogP contribution in [0.4, 0.5) is 11.4 Å². The van der Waals surface area contributed by atoms with Gasteiger partial charge in [-0.3, -0.25) is 53.5 Å². The fourth-order valence-corrected chi connectivity index (χ4v) is 12.4. The molecule has 0 aliphatic carbocycles. The van der Waals surface area contributed by atoms with Crippen molar-refractivity contribution in [2.45, 2.75) is 77.9 Å². The van der Waals surface area contributed by atoms with E-state index in [1.54, 1.807) is 29.5 Å². The van der Waals surface area contributed by atoms with Crippen LogP contribution in [0, 0.1) is 27.7 Å². The summed E-state index contributed by atoms with van der Waals surface area (Å²) < 4.78 is 3.05. The van der Waals surface area contributed by atoms with Gasteiger partial charge in [0.05, 0.1) is 33.5 Å². The minimum atomic E-state index is -1.04. The summed E-state index contributed by atoms with van der Waals surface area (Å²) in [6.45, 7) is 10.1. The fraction of sp³-hybridized carbons (Fsp3) is 0.340. The van der Waals surface area contributed by atoms with E-state index in [9.17, 15) is 28.8 Å². The minimum Gasteiger partial charge on any atom is -0.385 e. The van der Waals surface area contributed by atoms with E-state index in [4.69, 9.17) is 15.0 Å². The molecule has 6 amide bonds. The van der Waals surface area contributed by atoms with Crippen LogP contribution in [-0.4, -0.2) is 115 Å². The molecule has 21 heteroatoms. The topological polar surface area (TPSA) is 234 Å². The van der Waals surface area contributed by atoms with Crippen molar-refractivity contribution in [1.29, 1.82) is 0 Å². The Kier molecular flexibility index (Phi) is 13.4. The Labute approximate surface area is 420 Å². The number of fused-ring (bicyclic) bond motifs is 5. The number of carbonyl (C=O) groups excluding carboxylic acids is 6. The van der Waals surface area contributed by atoms with Crippen LogP contribution >= 0.6 is 34.4 Å². The molecule has 4 aliphatic heterocycles. The van der Waals surface area contributed by atoms with E-state index >= 15 is 0 Å². The molecule has 3 aromatic carbocycles. The van der Waals surface area contributed by atoms with E-state index in [-0.39, 0.29) is 42.2 Å². The summed E-state index contributed by atoms with van der Waals surface area (Å²) in [6, 6.07) is 17.1. The number of rotatable bonds is 16. The number of thiophene rings is 1. The summed E-state index contributed by atoms with van der Waals surface area (Å²) >= 11 is 4.71. The van der Waals surface area contributed by atoms with Crippen LogP contribution in [0.5, 0.6) is 0 Å². The summed E-state index contributed by atoms with van der Waals surface area (Å²) in [5, 5.41) is 26.4. The molecule has 0 saturated carbocycles. The molecule has 0 radical (unpaired) electrons. The number of aryl methyl sites for hydroxylation is 3. The quantitative estimate of drug-likeness (QED) is 0.0559. The van der Waals surface area contributed by atoms with Crippen LogP contribution in [0.3, 0.4) is 0 Å². The largest absolute Gasteiger partial charge is 0.385 e. The maximum absolute atomic E-state index is 13.5. The van der Waals surface area contributed by atoms with Gasteiger partial charge in [-0.05, 0) is 82.9 Å². The molecule has 2 unspecified atom stereocenters. The summed E-state index contributed by atoms with van der Waals surface area (Å²) in [5.74, 6) is -0.634. The second-order valence-electron chi connectivity index (χ2n) is 17.8. The molecule has 4 aliphatic rings. The van der Waals surface area contributed by atoms with Crippen LogP contribution in [0.15, 0.2) is 70.6 Å². The molecule has 18 nitrogen and oxygen atoms in total. The van der Waals surface area contributed by atoms with Gasteiger partial charge in [0.1, 0.15) is 39.0 Å². The lowest BCUT2D eigenvalue weighted by Crippen LogP contribution is -2.54. The van der Waals surface area contributed by atoms with Crippen LogP contribution in [0.2, 0.25) is 0 Å². The van der Waals surface area contributed by atoms with Gasteiger partial charge in [-0.25, -0.2) is 4.98 Å². The van der Waals surface area contributed by atoms with Crippen molar-refractivity contribution in [3.8, 4) is 5.00 Å². The number of hydrogen-bond donors (Lipinski definition) is 5. The Morgan fingerprint density at radius 3 is 2.42 bits per heavy atom. The SMILES string of the molecule is Cc1ccc(C2=N[C@@H](CC(=O)NCCCNc3ccc4nc(C5=NC(C(=O)NCCCNc6cccc7c6C(=O)N(C6CCC(=O)NC6=O)C7=O)CS5)sc4c3)c3nnc(C)n3-c3sc(C)c(C)c32)cc1. The van der Waals surface area contributed by atoms with Crippen molar-refractivity contribution in [2.24, 2.45) is 9.98 Å². The summed E-state index contributed by atoms with van der Waals surface area (Å²) in [4.78, 5) is 94.2. The van der Waals surface area contributed by atoms with Crippen LogP contribution in [0.25, 0.3) is 15.2 Å². The first-order valence-corrected chi connectivity index (χ1v) is 26.1. The number of anilines is 2. The van der Waals surface area contributed by atoms with Crippen molar-refractivity contribution in [3.05, 3.63) is 116 Å². The van der Waals surface area contributed by atoms with Gasteiger partial charge in [-0.15, -0.1) is 44.6 Å². The predicted octanol–water partition coefficient (Wildman–Crippen LogP) is 5.95. The Morgan fingerprint density at radius 1 is 0.831 bits per heavy atom. The first kappa shape index (κ1) is 47.6. The van der Waals surface area contributed by atoms with Crippen LogP contribution in [0.1, 0.15) is 103 Å². The molecule has 0 spiro atoms. The molecule has 364 valence electrons. The monoisotopic (exact) mass is 1010 g/mol. The number of benzene rings is 3. The first-order valence-electron chi connectivity index (χ1n) is 23.5. The van der Waals surface area contributed by atoms with E-state index in [0.717, 1.165) is 69.6 Å². The van der Waals surface area contributed by atoms with Gasteiger partial charge in [0.15, 0.2) is 5.82 Å². The highest BCUT2D eigenvalue weighted by Crippen LogP contribution is 2.40. The van der Waals surface area contributed by atoms with E-state index in [1.807, 2.05) is 19.1 Å². The molecule has 3 atom stereocenters. The zero-order chi connectivity index (χ0) is 49.5. The number of amides is 6. The highest BCUT2D eigenvalue weighted by Gasteiger charge is 2.45. The maximum atomic E-state index is 13.5. The molecule has 1 fully saturated rings. The molecule has 6 aromatic rings. The Bertz CT molecular complexity index is 3230. The number of piperidine rings is 1. The summed E-state index contributed by atoms with van der Waals surface area (Å²) in [6.07, 6.45) is 1.49. The van der Waals surface area contributed by atoms with Gasteiger partial charge in [0.2, 0.25) is 23.6 Å². The van der Waals surface area contributed by atoms with Crippen LogP contribution < -0.4 is 26.6 Å². The zero-order valence-corrected chi connectivity index (χ0v) is 41.8. The average molecular weight is 1010 g/mol. The maximum Gasteiger partial charge on any atom is 0.264 e. The number of hydrogen-bond acceptors (Lipinski definition) is 16. The third-order valence-electron chi connectivity index (χ3n) is 12.9. The first-order chi connectivity index (χ1) is 34.3. The number of aromatic nitrogens is 4. The van der Waals surface area contributed by atoms with Gasteiger partial charge in [-0.2, -0.15) is 0 Å². The normalized spacial score (nSPS) is 18.4. The van der Waals surface area contributed by atoms with Gasteiger partial charge >= 0.3 is 0 Å². The van der Waals surface area contributed by atoms with Gasteiger partial charge in [-0.1, -0.05) is 35.9 Å². The number of thiazole rings is 1. The van der Waals surface area contributed by atoms with Crippen molar-refractivity contribution < 1.29 is 28.8 Å². The lowest BCUT2D eigenvalue weighted by Gasteiger charge is -2.27. The van der Waals surface area contributed by atoms with Crippen molar-refractivity contribution in [1.82, 2.24) is 40.6 Å². The van der Waals surface area contributed by atoms with E-state index in [2.05, 4.69) is 92.5 Å². The highest BCUT2D eigenvalue weighted by atomic mass is 32.2. The second kappa shape index (κ2) is 20.0. The molecular formula is C50H50N12O6S3. The summed E-state index contributed by atoms with van der Waals surface area (Å²) in [5.41, 5.74) is 7.85. The van der Waals surface area contributed by atoms with Gasteiger partial charge in [0, 0.05) is 65.7 Å². The lowest BCUT2D eigenvalue weighted by atomic mass is 9.99. The number of thioether (sulfide) groups is 1.